The van der Waals surface area contributed by atoms with Gasteiger partial charge in [0, 0.05) is 22.1 Å². The molecule has 0 spiro atoms. The molecule has 2 aromatic carbocycles. The van der Waals surface area contributed by atoms with Crippen LogP contribution in [0.2, 0.25) is 0 Å². The van der Waals surface area contributed by atoms with Crippen molar-refractivity contribution in [2.24, 2.45) is 0 Å². The van der Waals surface area contributed by atoms with Crippen molar-refractivity contribution in [1.29, 1.82) is 0 Å². The van der Waals surface area contributed by atoms with Crippen molar-refractivity contribution in [3.05, 3.63) is 60.1 Å². The Morgan fingerprint density at radius 2 is 1.72 bits per heavy atom. The van der Waals surface area contributed by atoms with Gasteiger partial charge in [-0.3, -0.25) is 0 Å². The first kappa shape index (κ1) is 19.9. The first-order valence-electron chi connectivity index (χ1n) is 10.0. The van der Waals surface area contributed by atoms with Crippen molar-refractivity contribution in [3.8, 4) is 11.1 Å². The van der Waals surface area contributed by atoms with Crippen LogP contribution in [-0.2, 0) is 15.7 Å². The number of benzene rings is 2. The van der Waals surface area contributed by atoms with Crippen LogP contribution in [0.1, 0.15) is 45.9 Å². The molecule has 0 bridgehead atoms. The summed E-state index contributed by atoms with van der Waals surface area (Å²) in [5.41, 5.74) is 2.71. The molecule has 0 aliphatic carbocycles. The average Bonchev–Trinajstić information content (AvgIpc) is 3.14. The smallest absolute Gasteiger partial charge is 0.456 e. The van der Waals surface area contributed by atoms with Gasteiger partial charge in [-0.15, -0.1) is 0 Å². The van der Waals surface area contributed by atoms with E-state index in [1.807, 2.05) is 52.0 Å². The van der Waals surface area contributed by atoms with Gasteiger partial charge in [0.1, 0.15) is 17.2 Å². The molecule has 0 amide bonds. The Balaban J connectivity index is 1.77. The normalized spacial score (nSPS) is 17.8. The van der Waals surface area contributed by atoms with Crippen LogP contribution < -0.4 is 5.46 Å². The molecule has 1 aliphatic rings. The van der Waals surface area contributed by atoms with E-state index < -0.39 is 18.3 Å². The van der Waals surface area contributed by atoms with Gasteiger partial charge in [0.05, 0.1) is 11.2 Å². The van der Waals surface area contributed by atoms with E-state index in [9.17, 15) is 0 Å². The molecule has 29 heavy (non-hydrogen) atoms. The summed E-state index contributed by atoms with van der Waals surface area (Å²) in [6.07, 6.45) is 2.53. The minimum Gasteiger partial charge on any atom is -0.456 e. The molecule has 1 fully saturated rings. The summed E-state index contributed by atoms with van der Waals surface area (Å²) >= 11 is 0. The molecule has 1 saturated heterocycles. The lowest BCUT2D eigenvalue weighted by atomic mass is 9.78. The molecular weight excluding hydrogens is 366 g/mol. The fraction of sp³-hybridized carbons (Fsp3) is 0.333. The SMILES string of the molecule is C=Cc1oc2c(-c3ccc(B4OC(C)(C)C(C)(C)O4)cc3F)cccc2c1CC. The molecule has 0 radical (unpaired) electrons. The Hall–Kier alpha value is -2.37. The van der Waals surface area contributed by atoms with Crippen LogP contribution in [0.15, 0.2) is 47.4 Å². The zero-order valence-electron chi connectivity index (χ0n) is 17.6. The maximum Gasteiger partial charge on any atom is 0.494 e. The third-order valence-electron chi connectivity index (χ3n) is 6.20. The summed E-state index contributed by atoms with van der Waals surface area (Å²) in [7, 11) is -0.595. The monoisotopic (exact) mass is 392 g/mol. The van der Waals surface area contributed by atoms with Gasteiger partial charge in [0.2, 0.25) is 0 Å². The summed E-state index contributed by atoms with van der Waals surface area (Å²) in [6.45, 7) is 13.8. The number of hydrogen-bond acceptors (Lipinski definition) is 3. The number of rotatable bonds is 4. The summed E-state index contributed by atoms with van der Waals surface area (Å²) < 4.78 is 33.3. The zero-order valence-corrected chi connectivity index (χ0v) is 17.6. The molecule has 0 saturated carbocycles. The van der Waals surface area contributed by atoms with Crippen LogP contribution in [0.3, 0.4) is 0 Å². The fourth-order valence-electron chi connectivity index (χ4n) is 3.81. The van der Waals surface area contributed by atoms with Crippen molar-refractivity contribution in [3.63, 3.8) is 0 Å². The fourth-order valence-corrected chi connectivity index (χ4v) is 3.81. The van der Waals surface area contributed by atoms with Gasteiger partial charge >= 0.3 is 7.12 Å². The average molecular weight is 392 g/mol. The lowest BCUT2D eigenvalue weighted by Gasteiger charge is -2.32. The summed E-state index contributed by atoms with van der Waals surface area (Å²) in [5.74, 6) is 0.406. The summed E-state index contributed by atoms with van der Waals surface area (Å²) in [5, 5.41) is 0.995. The quantitative estimate of drug-likeness (QED) is 0.531. The molecule has 0 N–H and O–H groups in total. The Kier molecular flexibility index (Phi) is 4.71. The molecule has 3 nitrogen and oxygen atoms in total. The first-order valence-corrected chi connectivity index (χ1v) is 10.0. The van der Waals surface area contributed by atoms with Crippen molar-refractivity contribution >= 4 is 29.6 Å². The zero-order chi connectivity index (χ0) is 21.0. The van der Waals surface area contributed by atoms with Crippen molar-refractivity contribution < 1.29 is 18.1 Å². The molecule has 1 aromatic heterocycles. The molecule has 3 aromatic rings. The van der Waals surface area contributed by atoms with Crippen molar-refractivity contribution in [2.45, 2.75) is 52.2 Å². The highest BCUT2D eigenvalue weighted by Gasteiger charge is 2.51. The molecule has 2 heterocycles. The van der Waals surface area contributed by atoms with Gasteiger partial charge in [-0.2, -0.15) is 0 Å². The number of halogens is 1. The van der Waals surface area contributed by atoms with Crippen LogP contribution in [0.4, 0.5) is 4.39 Å². The lowest BCUT2D eigenvalue weighted by Crippen LogP contribution is -2.41. The second-order valence-electron chi connectivity index (χ2n) is 8.51. The third kappa shape index (κ3) is 3.13. The standard InChI is InChI=1S/C24H26BFO3/c1-7-16-18-10-9-11-19(22(18)27-21(16)8-2)17-13-12-15(14-20(17)26)25-28-23(3,4)24(5,6)29-25/h8-14H,2,7H2,1,3-6H3. The molecule has 0 atom stereocenters. The lowest BCUT2D eigenvalue weighted by molar-refractivity contribution is 0.00578. The molecule has 0 unspecified atom stereocenters. The van der Waals surface area contributed by atoms with Gasteiger partial charge in [-0.05, 0) is 51.7 Å². The Morgan fingerprint density at radius 3 is 2.31 bits per heavy atom. The molecule has 1 aliphatic heterocycles. The molecule has 5 heteroatoms. The van der Waals surface area contributed by atoms with E-state index in [0.717, 1.165) is 28.7 Å². The van der Waals surface area contributed by atoms with Crippen LogP contribution in [-0.4, -0.2) is 18.3 Å². The molecular formula is C24H26BFO3. The Bertz CT molecular complexity index is 1080. The third-order valence-corrected chi connectivity index (χ3v) is 6.20. The maximum atomic E-state index is 15.2. The van der Waals surface area contributed by atoms with E-state index in [1.54, 1.807) is 12.1 Å². The number of aryl methyl sites for hydroxylation is 1. The first-order chi connectivity index (χ1) is 13.7. The van der Waals surface area contributed by atoms with E-state index in [2.05, 4.69) is 13.5 Å². The van der Waals surface area contributed by atoms with Gasteiger partial charge < -0.3 is 13.7 Å². The highest BCUT2D eigenvalue weighted by molar-refractivity contribution is 6.62. The predicted molar refractivity (Wildman–Crippen MR) is 117 cm³/mol. The van der Waals surface area contributed by atoms with Crippen molar-refractivity contribution in [2.75, 3.05) is 0 Å². The number of fused-ring (bicyclic) bond motifs is 1. The van der Waals surface area contributed by atoms with E-state index in [0.29, 0.717) is 16.6 Å². The van der Waals surface area contributed by atoms with E-state index in [4.69, 9.17) is 13.7 Å². The largest absolute Gasteiger partial charge is 0.494 e. The Morgan fingerprint density at radius 1 is 1.03 bits per heavy atom. The highest BCUT2D eigenvalue weighted by atomic mass is 19.1. The summed E-state index contributed by atoms with van der Waals surface area (Å²) in [4.78, 5) is 0. The summed E-state index contributed by atoms with van der Waals surface area (Å²) in [6, 6.07) is 10.9. The van der Waals surface area contributed by atoms with E-state index in [-0.39, 0.29) is 5.82 Å². The van der Waals surface area contributed by atoms with Gasteiger partial charge in [-0.1, -0.05) is 43.8 Å². The van der Waals surface area contributed by atoms with E-state index >= 15 is 4.39 Å². The van der Waals surface area contributed by atoms with Crippen molar-refractivity contribution in [1.82, 2.24) is 0 Å². The molecule has 4 rings (SSSR count). The van der Waals surface area contributed by atoms with Crippen LogP contribution >= 0.6 is 0 Å². The van der Waals surface area contributed by atoms with Crippen LogP contribution in [0.5, 0.6) is 0 Å². The second kappa shape index (κ2) is 6.86. The maximum absolute atomic E-state index is 15.2. The topological polar surface area (TPSA) is 31.6 Å². The van der Waals surface area contributed by atoms with Crippen LogP contribution in [0, 0.1) is 5.82 Å². The van der Waals surface area contributed by atoms with Crippen LogP contribution in [0.25, 0.3) is 28.2 Å². The number of para-hydroxylation sites is 1. The van der Waals surface area contributed by atoms with E-state index in [1.165, 1.54) is 6.07 Å². The predicted octanol–water partition coefficient (Wildman–Crippen LogP) is 5.74. The highest BCUT2D eigenvalue weighted by Crippen LogP contribution is 2.38. The molecule has 150 valence electrons. The minimum absolute atomic E-state index is 0.334. The minimum atomic E-state index is -0.595. The van der Waals surface area contributed by atoms with Gasteiger partial charge in [0.25, 0.3) is 0 Å². The van der Waals surface area contributed by atoms with Gasteiger partial charge in [0.15, 0.2) is 0 Å². The van der Waals surface area contributed by atoms with Gasteiger partial charge in [-0.25, -0.2) is 4.39 Å². The number of hydrogen-bond donors (Lipinski definition) is 0. The Labute approximate surface area is 171 Å². The number of furan rings is 1. The second-order valence-corrected chi connectivity index (χ2v) is 8.51.